The highest BCUT2D eigenvalue weighted by Gasteiger charge is 2.49. The summed E-state index contributed by atoms with van der Waals surface area (Å²) in [5.41, 5.74) is 2.87. The van der Waals surface area contributed by atoms with Crippen molar-refractivity contribution in [1.29, 1.82) is 0 Å². The molecule has 1 aliphatic heterocycles. The lowest BCUT2D eigenvalue weighted by Gasteiger charge is -2.39. The lowest BCUT2D eigenvalue weighted by atomic mass is 9.71. The van der Waals surface area contributed by atoms with Crippen molar-refractivity contribution in [3.8, 4) is 11.5 Å². The molecule has 0 aliphatic carbocycles. The Kier molecular flexibility index (Phi) is 5.50. The molecule has 1 heterocycles. The molecule has 0 radical (unpaired) electrons. The minimum atomic E-state index is -0.172. The number of hydrogen-bond donors (Lipinski definition) is 1. The first-order valence-electron chi connectivity index (χ1n) is 10.4. The summed E-state index contributed by atoms with van der Waals surface area (Å²) in [6.07, 6.45) is 3.10. The summed E-state index contributed by atoms with van der Waals surface area (Å²) < 4.78 is 6.82. The first kappa shape index (κ1) is 21.1. The van der Waals surface area contributed by atoms with Gasteiger partial charge < -0.3 is 9.84 Å². The normalized spacial score (nSPS) is 22.7. The standard InChI is InChI=1S/C24H40O2/c1-11-15(3)24(16(4)12-2)14-17-19(26-24)13-18(22(5,6)7)21(25)20(17)23(8,9)10/h13,15-16,25H,11-12,14H2,1-10H3. The van der Waals surface area contributed by atoms with Crippen molar-refractivity contribution >= 4 is 0 Å². The molecule has 2 atom stereocenters. The van der Waals surface area contributed by atoms with Crippen LogP contribution in [0.5, 0.6) is 11.5 Å². The van der Waals surface area contributed by atoms with E-state index in [1.807, 2.05) is 0 Å². The van der Waals surface area contributed by atoms with Crippen molar-refractivity contribution < 1.29 is 9.84 Å². The first-order valence-corrected chi connectivity index (χ1v) is 10.4. The molecule has 2 unspecified atom stereocenters. The molecular formula is C24H40O2. The Labute approximate surface area is 161 Å². The molecule has 0 fully saturated rings. The van der Waals surface area contributed by atoms with Crippen molar-refractivity contribution in [2.75, 3.05) is 0 Å². The van der Waals surface area contributed by atoms with Gasteiger partial charge in [-0.05, 0) is 41.6 Å². The van der Waals surface area contributed by atoms with Crippen LogP contribution in [0.1, 0.15) is 98.8 Å². The lowest BCUT2D eigenvalue weighted by molar-refractivity contribution is -0.0172. The predicted octanol–water partition coefficient (Wildman–Crippen LogP) is 6.75. The van der Waals surface area contributed by atoms with E-state index in [2.05, 4.69) is 75.3 Å². The van der Waals surface area contributed by atoms with E-state index in [9.17, 15) is 5.11 Å². The van der Waals surface area contributed by atoms with Crippen LogP contribution < -0.4 is 4.74 Å². The Morgan fingerprint density at radius 2 is 1.50 bits per heavy atom. The summed E-state index contributed by atoms with van der Waals surface area (Å²) in [5.74, 6) is 2.41. The Bertz CT molecular complexity index is 648. The van der Waals surface area contributed by atoms with Crippen LogP contribution in [0.2, 0.25) is 0 Å². The van der Waals surface area contributed by atoms with Crippen LogP contribution >= 0.6 is 0 Å². The summed E-state index contributed by atoms with van der Waals surface area (Å²) in [5, 5.41) is 11.2. The van der Waals surface area contributed by atoms with Gasteiger partial charge in [0.1, 0.15) is 17.1 Å². The highest BCUT2D eigenvalue weighted by molar-refractivity contribution is 5.60. The molecule has 26 heavy (non-hydrogen) atoms. The molecule has 2 heteroatoms. The Morgan fingerprint density at radius 1 is 1.00 bits per heavy atom. The monoisotopic (exact) mass is 360 g/mol. The van der Waals surface area contributed by atoms with Gasteiger partial charge in [0.05, 0.1) is 0 Å². The van der Waals surface area contributed by atoms with Gasteiger partial charge in [0.25, 0.3) is 0 Å². The van der Waals surface area contributed by atoms with Gasteiger partial charge in [-0.15, -0.1) is 0 Å². The van der Waals surface area contributed by atoms with Crippen LogP contribution in [-0.2, 0) is 17.3 Å². The number of phenolic OH excluding ortho intramolecular Hbond substituents is 1. The van der Waals surface area contributed by atoms with Crippen LogP contribution in [0.3, 0.4) is 0 Å². The molecule has 1 aliphatic rings. The summed E-state index contributed by atoms with van der Waals surface area (Å²) in [6.45, 7) is 22.2. The van der Waals surface area contributed by atoms with Crippen molar-refractivity contribution in [3.05, 3.63) is 22.8 Å². The van der Waals surface area contributed by atoms with Gasteiger partial charge in [-0.1, -0.05) is 69.2 Å². The lowest BCUT2D eigenvalue weighted by Crippen LogP contribution is -2.47. The fourth-order valence-corrected chi connectivity index (χ4v) is 4.58. The number of ether oxygens (including phenoxy) is 1. The first-order chi connectivity index (χ1) is 11.8. The molecule has 1 aromatic carbocycles. The maximum Gasteiger partial charge on any atom is 0.124 e. The Hall–Kier alpha value is -1.18. The molecular weight excluding hydrogens is 320 g/mol. The van der Waals surface area contributed by atoms with Gasteiger partial charge in [0.2, 0.25) is 0 Å². The molecule has 0 bridgehead atoms. The highest BCUT2D eigenvalue weighted by Crippen LogP contribution is 2.53. The van der Waals surface area contributed by atoms with Crippen LogP contribution in [0.15, 0.2) is 6.07 Å². The highest BCUT2D eigenvalue weighted by atomic mass is 16.5. The van der Waals surface area contributed by atoms with Gasteiger partial charge in [-0.25, -0.2) is 0 Å². The largest absolute Gasteiger partial charge is 0.507 e. The number of phenols is 1. The molecule has 0 spiro atoms. The third-order valence-electron chi connectivity index (χ3n) is 6.57. The summed E-state index contributed by atoms with van der Waals surface area (Å²) in [4.78, 5) is 0. The molecule has 2 rings (SSSR count). The number of benzene rings is 1. The van der Waals surface area contributed by atoms with Gasteiger partial charge in [0.15, 0.2) is 0 Å². The van der Waals surface area contributed by atoms with E-state index in [4.69, 9.17) is 4.74 Å². The minimum Gasteiger partial charge on any atom is -0.507 e. The smallest absolute Gasteiger partial charge is 0.124 e. The van der Waals surface area contributed by atoms with Crippen molar-refractivity contribution in [1.82, 2.24) is 0 Å². The Balaban J connectivity index is 2.75. The third-order valence-corrected chi connectivity index (χ3v) is 6.57. The number of fused-ring (bicyclic) bond motifs is 1. The summed E-state index contributed by atoms with van der Waals surface area (Å²) in [6, 6.07) is 2.12. The molecule has 0 saturated heterocycles. The van der Waals surface area contributed by atoms with Crippen molar-refractivity contribution in [2.45, 2.75) is 105 Å². The number of hydrogen-bond acceptors (Lipinski definition) is 2. The topological polar surface area (TPSA) is 29.5 Å². The zero-order chi connectivity index (χ0) is 20.1. The van der Waals surface area contributed by atoms with E-state index in [1.54, 1.807) is 0 Å². The van der Waals surface area contributed by atoms with Gasteiger partial charge in [-0.3, -0.25) is 0 Å². The van der Waals surface area contributed by atoms with Crippen molar-refractivity contribution in [2.24, 2.45) is 11.8 Å². The number of rotatable bonds is 4. The van der Waals surface area contributed by atoms with E-state index >= 15 is 0 Å². The SMILES string of the molecule is CCC(C)C1(C(C)CC)Cc2c(cc(C(C)(C)C)c(O)c2C(C)(C)C)O1. The zero-order valence-corrected chi connectivity index (χ0v) is 18.7. The number of aromatic hydroxyl groups is 1. The molecule has 148 valence electrons. The zero-order valence-electron chi connectivity index (χ0n) is 18.7. The second kappa shape index (κ2) is 6.77. The van der Waals surface area contributed by atoms with Crippen molar-refractivity contribution in [3.63, 3.8) is 0 Å². The molecule has 1 aromatic rings. The molecule has 0 aromatic heterocycles. The molecule has 2 nitrogen and oxygen atoms in total. The maximum atomic E-state index is 11.2. The summed E-state index contributed by atoms with van der Waals surface area (Å²) >= 11 is 0. The van der Waals surface area contributed by atoms with E-state index in [0.29, 0.717) is 17.6 Å². The molecule has 1 N–H and O–H groups in total. The minimum absolute atomic E-state index is 0.125. The second-order valence-electron chi connectivity index (χ2n) is 10.5. The maximum absolute atomic E-state index is 11.2. The third kappa shape index (κ3) is 3.37. The Morgan fingerprint density at radius 3 is 1.88 bits per heavy atom. The van der Waals surface area contributed by atoms with Gasteiger partial charge >= 0.3 is 0 Å². The van der Waals surface area contributed by atoms with Crippen LogP contribution in [0.4, 0.5) is 0 Å². The van der Waals surface area contributed by atoms with Crippen LogP contribution in [-0.4, -0.2) is 10.7 Å². The quantitative estimate of drug-likeness (QED) is 0.643. The van der Waals surface area contributed by atoms with Gasteiger partial charge in [0, 0.05) is 23.1 Å². The average Bonchev–Trinajstić information content (AvgIpc) is 2.90. The second-order valence-corrected chi connectivity index (χ2v) is 10.5. The molecule has 0 amide bonds. The fourth-order valence-electron chi connectivity index (χ4n) is 4.58. The fraction of sp³-hybridized carbons (Fsp3) is 0.750. The van der Waals surface area contributed by atoms with Gasteiger partial charge in [-0.2, -0.15) is 0 Å². The van der Waals surface area contributed by atoms with E-state index in [-0.39, 0.29) is 16.4 Å². The van der Waals surface area contributed by atoms with E-state index < -0.39 is 0 Å². The predicted molar refractivity (Wildman–Crippen MR) is 111 cm³/mol. The summed E-state index contributed by atoms with van der Waals surface area (Å²) in [7, 11) is 0. The molecule has 0 saturated carbocycles. The van der Waals surface area contributed by atoms with E-state index in [1.165, 1.54) is 5.56 Å². The van der Waals surface area contributed by atoms with Crippen LogP contribution in [0.25, 0.3) is 0 Å². The van der Waals surface area contributed by atoms with E-state index in [0.717, 1.165) is 36.1 Å². The average molecular weight is 361 g/mol. The van der Waals surface area contributed by atoms with Crippen LogP contribution in [0, 0.1) is 11.8 Å².